The molecule has 3 heteroatoms. The first-order valence-corrected chi connectivity index (χ1v) is 5.78. The highest BCUT2D eigenvalue weighted by Gasteiger charge is 2.08. The third-order valence-electron chi connectivity index (χ3n) is 2.80. The molecule has 1 aromatic heterocycles. The van der Waals surface area contributed by atoms with Gasteiger partial charge in [0.2, 0.25) is 0 Å². The van der Waals surface area contributed by atoms with Crippen LogP contribution in [0.25, 0.3) is 0 Å². The monoisotopic (exact) mass is 227 g/mol. The number of hydrogen-bond donors (Lipinski definition) is 1. The molecule has 1 unspecified atom stereocenters. The molecular weight excluding hydrogens is 210 g/mol. The van der Waals surface area contributed by atoms with Crippen molar-refractivity contribution in [1.29, 1.82) is 0 Å². The van der Waals surface area contributed by atoms with E-state index in [0.29, 0.717) is 0 Å². The number of hydrogen-bond acceptors (Lipinski definition) is 3. The van der Waals surface area contributed by atoms with Crippen LogP contribution in [0.1, 0.15) is 29.9 Å². The smallest absolute Gasteiger partial charge is 0.130 e. The molecule has 0 spiro atoms. The molecule has 0 saturated heterocycles. The van der Waals surface area contributed by atoms with Gasteiger partial charge in [-0.05, 0) is 38.0 Å². The summed E-state index contributed by atoms with van der Waals surface area (Å²) in [7, 11) is 0. The molecule has 1 N–H and O–H groups in total. The van der Waals surface area contributed by atoms with E-state index >= 15 is 0 Å². The van der Waals surface area contributed by atoms with Crippen molar-refractivity contribution in [1.82, 2.24) is 9.97 Å². The molecule has 1 aromatic carbocycles. The van der Waals surface area contributed by atoms with E-state index in [-0.39, 0.29) is 6.04 Å². The number of aromatic nitrogens is 2. The summed E-state index contributed by atoms with van der Waals surface area (Å²) in [6.45, 7) is 6.15. The van der Waals surface area contributed by atoms with Gasteiger partial charge in [-0.3, -0.25) is 0 Å². The van der Waals surface area contributed by atoms with Crippen molar-refractivity contribution >= 4 is 5.82 Å². The van der Waals surface area contributed by atoms with E-state index in [9.17, 15) is 0 Å². The molecule has 0 aliphatic carbocycles. The second-order valence-corrected chi connectivity index (χ2v) is 4.21. The van der Waals surface area contributed by atoms with Gasteiger partial charge in [0.15, 0.2) is 0 Å². The number of nitrogens with one attached hydrogen (secondary N) is 1. The summed E-state index contributed by atoms with van der Waals surface area (Å²) in [6.07, 6.45) is 1.77. The summed E-state index contributed by atoms with van der Waals surface area (Å²) in [5.41, 5.74) is 2.59. The van der Waals surface area contributed by atoms with Crippen LogP contribution in [0.2, 0.25) is 0 Å². The molecule has 0 radical (unpaired) electrons. The Morgan fingerprint density at radius 2 is 1.88 bits per heavy atom. The van der Waals surface area contributed by atoms with Crippen molar-refractivity contribution in [2.24, 2.45) is 0 Å². The predicted molar refractivity (Wildman–Crippen MR) is 70.0 cm³/mol. The molecule has 1 heterocycles. The van der Waals surface area contributed by atoms with Crippen molar-refractivity contribution in [3.8, 4) is 0 Å². The van der Waals surface area contributed by atoms with Crippen LogP contribution in [-0.2, 0) is 0 Å². The van der Waals surface area contributed by atoms with E-state index < -0.39 is 0 Å². The first-order valence-electron chi connectivity index (χ1n) is 5.78. The summed E-state index contributed by atoms with van der Waals surface area (Å²) in [4.78, 5) is 8.43. The van der Waals surface area contributed by atoms with Crippen LogP contribution in [-0.4, -0.2) is 9.97 Å². The van der Waals surface area contributed by atoms with Gasteiger partial charge in [0, 0.05) is 6.20 Å². The van der Waals surface area contributed by atoms with E-state index in [1.54, 1.807) is 6.20 Å². The molecule has 0 aliphatic heterocycles. The number of rotatable bonds is 3. The van der Waals surface area contributed by atoms with Crippen molar-refractivity contribution < 1.29 is 0 Å². The Hall–Kier alpha value is -1.90. The van der Waals surface area contributed by atoms with Crippen LogP contribution in [0, 0.1) is 13.8 Å². The first-order chi connectivity index (χ1) is 8.16. The number of nitrogens with zero attached hydrogens (tertiary/aromatic N) is 2. The third kappa shape index (κ3) is 2.81. The van der Waals surface area contributed by atoms with E-state index in [1.165, 1.54) is 11.1 Å². The molecule has 0 bridgehead atoms. The Kier molecular flexibility index (Phi) is 3.38. The highest BCUT2D eigenvalue weighted by atomic mass is 15.0. The zero-order valence-electron chi connectivity index (χ0n) is 10.4. The van der Waals surface area contributed by atoms with Gasteiger partial charge in [-0.2, -0.15) is 0 Å². The highest BCUT2D eigenvalue weighted by molar-refractivity contribution is 5.39. The van der Waals surface area contributed by atoms with E-state index in [0.717, 1.165) is 11.6 Å². The summed E-state index contributed by atoms with van der Waals surface area (Å²) in [5.74, 6) is 1.65. The maximum Gasteiger partial charge on any atom is 0.130 e. The predicted octanol–water partition coefficient (Wildman–Crippen LogP) is 3.27. The summed E-state index contributed by atoms with van der Waals surface area (Å²) >= 11 is 0. The summed E-state index contributed by atoms with van der Waals surface area (Å²) in [6, 6.07) is 10.5. The van der Waals surface area contributed by atoms with Crippen LogP contribution in [0.15, 0.2) is 36.5 Å². The quantitative estimate of drug-likeness (QED) is 0.874. The molecule has 17 heavy (non-hydrogen) atoms. The number of anilines is 1. The Balaban J connectivity index is 2.17. The Bertz CT molecular complexity index is 508. The minimum absolute atomic E-state index is 0.241. The minimum Gasteiger partial charge on any atom is -0.363 e. The second-order valence-electron chi connectivity index (χ2n) is 4.21. The van der Waals surface area contributed by atoms with Crippen LogP contribution < -0.4 is 5.32 Å². The van der Waals surface area contributed by atoms with Crippen molar-refractivity contribution in [3.05, 3.63) is 53.5 Å². The summed E-state index contributed by atoms with van der Waals surface area (Å²) < 4.78 is 0. The molecule has 3 nitrogen and oxygen atoms in total. The fourth-order valence-electron chi connectivity index (χ4n) is 1.91. The lowest BCUT2D eigenvalue weighted by Gasteiger charge is -2.17. The topological polar surface area (TPSA) is 37.8 Å². The van der Waals surface area contributed by atoms with Gasteiger partial charge in [0.05, 0.1) is 6.04 Å². The maximum absolute atomic E-state index is 4.35. The van der Waals surface area contributed by atoms with Crippen LogP contribution in [0.5, 0.6) is 0 Å². The first kappa shape index (κ1) is 11.6. The average Bonchev–Trinajstić information content (AvgIpc) is 2.29. The van der Waals surface area contributed by atoms with Crippen LogP contribution in [0.3, 0.4) is 0 Å². The molecule has 0 aliphatic rings. The van der Waals surface area contributed by atoms with Gasteiger partial charge in [0.25, 0.3) is 0 Å². The normalized spacial score (nSPS) is 12.2. The standard InChI is InChI=1S/C14H17N3/c1-10-6-4-5-7-13(10)11(2)16-14-8-9-15-12(3)17-14/h4-9,11H,1-3H3,(H,15,16,17). The summed E-state index contributed by atoms with van der Waals surface area (Å²) in [5, 5.41) is 3.39. The molecule has 2 aromatic rings. The Labute approximate surface area is 102 Å². The Morgan fingerprint density at radius 1 is 1.12 bits per heavy atom. The second kappa shape index (κ2) is 4.95. The van der Waals surface area contributed by atoms with Crippen molar-refractivity contribution in [2.45, 2.75) is 26.8 Å². The molecule has 0 saturated carbocycles. The van der Waals surface area contributed by atoms with E-state index in [2.05, 4.69) is 53.4 Å². The van der Waals surface area contributed by atoms with Gasteiger partial charge in [-0.1, -0.05) is 24.3 Å². The van der Waals surface area contributed by atoms with Gasteiger partial charge >= 0.3 is 0 Å². The van der Waals surface area contributed by atoms with Crippen LogP contribution >= 0.6 is 0 Å². The fourth-order valence-corrected chi connectivity index (χ4v) is 1.91. The van der Waals surface area contributed by atoms with Crippen molar-refractivity contribution in [2.75, 3.05) is 5.32 Å². The van der Waals surface area contributed by atoms with Gasteiger partial charge in [-0.15, -0.1) is 0 Å². The van der Waals surface area contributed by atoms with Gasteiger partial charge in [-0.25, -0.2) is 9.97 Å². The fraction of sp³-hybridized carbons (Fsp3) is 0.286. The van der Waals surface area contributed by atoms with Crippen LogP contribution in [0.4, 0.5) is 5.82 Å². The maximum atomic E-state index is 4.35. The lowest BCUT2D eigenvalue weighted by molar-refractivity contribution is 0.858. The Morgan fingerprint density at radius 3 is 2.59 bits per heavy atom. The van der Waals surface area contributed by atoms with Gasteiger partial charge in [0.1, 0.15) is 11.6 Å². The molecule has 1 atom stereocenters. The lowest BCUT2D eigenvalue weighted by atomic mass is 10.0. The molecule has 0 fully saturated rings. The zero-order valence-corrected chi connectivity index (χ0v) is 10.4. The number of benzene rings is 1. The lowest BCUT2D eigenvalue weighted by Crippen LogP contribution is -2.09. The van der Waals surface area contributed by atoms with Crippen molar-refractivity contribution in [3.63, 3.8) is 0 Å². The SMILES string of the molecule is Cc1nccc(NC(C)c2ccccc2C)n1. The minimum atomic E-state index is 0.241. The zero-order chi connectivity index (χ0) is 12.3. The van der Waals surface area contributed by atoms with E-state index in [1.807, 2.05) is 13.0 Å². The molecular formula is C14H17N3. The largest absolute Gasteiger partial charge is 0.363 e. The third-order valence-corrected chi connectivity index (χ3v) is 2.80. The molecule has 88 valence electrons. The highest BCUT2D eigenvalue weighted by Crippen LogP contribution is 2.20. The number of aryl methyl sites for hydroxylation is 2. The molecule has 0 amide bonds. The van der Waals surface area contributed by atoms with Gasteiger partial charge < -0.3 is 5.32 Å². The van der Waals surface area contributed by atoms with E-state index in [4.69, 9.17) is 0 Å². The average molecular weight is 227 g/mol. The molecule has 2 rings (SSSR count).